The Hall–Kier alpha value is -2.19. The molecule has 4 rings (SSSR count). The van der Waals surface area contributed by atoms with Crippen LogP contribution in [0, 0.1) is 12.3 Å². The number of hydrogen-bond acceptors (Lipinski definition) is 4. The van der Waals surface area contributed by atoms with Crippen molar-refractivity contribution < 1.29 is 9.59 Å². The van der Waals surface area contributed by atoms with E-state index < -0.39 is 5.54 Å². The van der Waals surface area contributed by atoms with Crippen molar-refractivity contribution in [1.29, 1.82) is 5.41 Å². The molecule has 0 spiro atoms. The Morgan fingerprint density at radius 1 is 1.13 bits per heavy atom. The molecule has 1 aliphatic heterocycles. The number of aryl methyl sites for hydroxylation is 1. The van der Waals surface area contributed by atoms with Crippen LogP contribution in [0.1, 0.15) is 60.2 Å². The van der Waals surface area contributed by atoms with Gasteiger partial charge in [0.05, 0.1) is 8.66 Å². The number of carbonyl (C=O) groups is 2. The number of thiophene rings is 1. The molecule has 1 aliphatic carbocycles. The first kappa shape index (κ1) is 22.0. The van der Waals surface area contributed by atoms with E-state index in [2.05, 4.69) is 31.5 Å². The van der Waals surface area contributed by atoms with E-state index in [4.69, 9.17) is 5.41 Å². The summed E-state index contributed by atoms with van der Waals surface area (Å²) in [6.45, 7) is 2.87. The van der Waals surface area contributed by atoms with Crippen LogP contribution >= 0.6 is 27.3 Å². The van der Waals surface area contributed by atoms with Gasteiger partial charge in [-0.1, -0.05) is 12.8 Å². The van der Waals surface area contributed by atoms with Gasteiger partial charge in [0.25, 0.3) is 5.91 Å². The molecule has 6 nitrogen and oxygen atoms in total. The number of benzene rings is 1. The number of carbonyl (C=O) groups excluding carboxylic acids is 2. The summed E-state index contributed by atoms with van der Waals surface area (Å²) >= 11 is 4.75. The molecule has 2 fully saturated rings. The first-order valence-corrected chi connectivity index (χ1v) is 12.3. The van der Waals surface area contributed by atoms with Crippen molar-refractivity contribution in [2.45, 2.75) is 57.4 Å². The third-order valence-electron chi connectivity index (χ3n) is 6.16. The zero-order chi connectivity index (χ0) is 22.0. The van der Waals surface area contributed by atoms with E-state index in [0.717, 1.165) is 53.7 Å². The molecule has 31 heavy (non-hydrogen) atoms. The summed E-state index contributed by atoms with van der Waals surface area (Å²) in [5.41, 5.74) is 1.89. The van der Waals surface area contributed by atoms with Crippen LogP contribution < -0.4 is 15.5 Å². The third kappa shape index (κ3) is 4.70. The number of halogens is 1. The topological polar surface area (TPSA) is 85.3 Å². The monoisotopic (exact) mass is 502 g/mol. The molecule has 2 amide bonds. The zero-order valence-corrected chi connectivity index (χ0v) is 20.0. The highest BCUT2D eigenvalue weighted by molar-refractivity contribution is 9.11. The summed E-state index contributed by atoms with van der Waals surface area (Å²) in [4.78, 5) is 28.7. The van der Waals surface area contributed by atoms with Gasteiger partial charge < -0.3 is 15.5 Å². The van der Waals surface area contributed by atoms with Crippen molar-refractivity contribution in [3.8, 4) is 0 Å². The molecule has 0 bridgehead atoms. The summed E-state index contributed by atoms with van der Waals surface area (Å²) in [5.74, 6) is 0.286. The molecule has 8 heteroatoms. The van der Waals surface area contributed by atoms with Crippen LogP contribution in [0.4, 0.5) is 11.4 Å². The van der Waals surface area contributed by atoms with Gasteiger partial charge in [0.1, 0.15) is 11.4 Å². The summed E-state index contributed by atoms with van der Waals surface area (Å²) in [6.07, 6.45) is 6.06. The van der Waals surface area contributed by atoms with Crippen LogP contribution in [0.25, 0.3) is 0 Å². The van der Waals surface area contributed by atoms with Crippen molar-refractivity contribution in [2.24, 2.45) is 0 Å². The highest BCUT2D eigenvalue weighted by Gasteiger charge is 2.42. The summed E-state index contributed by atoms with van der Waals surface area (Å²) in [7, 11) is 0. The molecule has 1 saturated heterocycles. The predicted molar refractivity (Wildman–Crippen MR) is 129 cm³/mol. The Labute approximate surface area is 195 Å². The van der Waals surface area contributed by atoms with E-state index in [0.29, 0.717) is 29.2 Å². The SMILES string of the molecule is Cc1cc(NC(=O)C2(NC(=O)c3ccc(Br)s3)CCCC2)ccc1N1CCCCC1=N. The molecule has 3 N–H and O–H groups in total. The highest BCUT2D eigenvalue weighted by Crippen LogP contribution is 2.33. The van der Waals surface area contributed by atoms with Crippen molar-refractivity contribution in [3.05, 3.63) is 44.6 Å². The third-order valence-corrected chi connectivity index (χ3v) is 7.78. The van der Waals surface area contributed by atoms with Gasteiger partial charge in [-0.05, 0) is 84.4 Å². The molecule has 2 aromatic rings. The number of nitrogens with zero attached hydrogens (tertiary/aromatic N) is 1. The maximum absolute atomic E-state index is 13.3. The van der Waals surface area contributed by atoms with E-state index in [1.807, 2.05) is 31.2 Å². The molecular formula is C23H27BrN4O2S. The van der Waals surface area contributed by atoms with Gasteiger partial charge in [-0.15, -0.1) is 11.3 Å². The minimum absolute atomic E-state index is 0.160. The Balaban J connectivity index is 1.49. The normalized spacial score (nSPS) is 18.1. The summed E-state index contributed by atoms with van der Waals surface area (Å²) < 4.78 is 0.889. The number of anilines is 2. The van der Waals surface area contributed by atoms with Gasteiger partial charge in [-0.2, -0.15) is 0 Å². The molecule has 0 unspecified atom stereocenters. The van der Waals surface area contributed by atoms with Crippen molar-refractivity contribution >= 4 is 56.3 Å². The Bertz CT molecular complexity index is 1010. The van der Waals surface area contributed by atoms with E-state index in [-0.39, 0.29) is 11.8 Å². The number of nitrogens with one attached hydrogen (secondary N) is 3. The average Bonchev–Trinajstić information content (AvgIpc) is 3.39. The van der Waals surface area contributed by atoms with Crippen LogP contribution in [0.15, 0.2) is 34.1 Å². The lowest BCUT2D eigenvalue weighted by Crippen LogP contribution is -2.54. The predicted octanol–water partition coefficient (Wildman–Crippen LogP) is 5.47. The molecule has 1 aromatic heterocycles. The first-order chi connectivity index (χ1) is 14.9. The summed E-state index contributed by atoms with van der Waals surface area (Å²) in [5, 5.41) is 14.3. The second kappa shape index (κ2) is 9.12. The van der Waals surface area contributed by atoms with Gasteiger partial charge in [0.2, 0.25) is 5.91 Å². The smallest absolute Gasteiger partial charge is 0.262 e. The van der Waals surface area contributed by atoms with Crippen LogP contribution in [0.2, 0.25) is 0 Å². The van der Waals surface area contributed by atoms with Crippen LogP contribution in [-0.2, 0) is 4.79 Å². The van der Waals surface area contributed by atoms with Gasteiger partial charge in [-0.25, -0.2) is 0 Å². The number of hydrogen-bond donors (Lipinski definition) is 3. The molecule has 0 radical (unpaired) electrons. The van der Waals surface area contributed by atoms with Crippen LogP contribution in [-0.4, -0.2) is 29.7 Å². The molecule has 2 heterocycles. The van der Waals surface area contributed by atoms with Crippen LogP contribution in [0.5, 0.6) is 0 Å². The first-order valence-electron chi connectivity index (χ1n) is 10.7. The fourth-order valence-corrected chi connectivity index (χ4v) is 5.77. The van der Waals surface area contributed by atoms with E-state index in [1.54, 1.807) is 6.07 Å². The largest absolute Gasteiger partial charge is 0.337 e. The number of amides is 2. The second-order valence-corrected chi connectivity index (χ2v) is 10.8. The zero-order valence-electron chi connectivity index (χ0n) is 17.6. The molecule has 1 aromatic carbocycles. The fraction of sp³-hybridized carbons (Fsp3) is 0.435. The van der Waals surface area contributed by atoms with Gasteiger partial charge in [0.15, 0.2) is 0 Å². The van der Waals surface area contributed by atoms with E-state index in [1.165, 1.54) is 11.3 Å². The molecule has 1 saturated carbocycles. The van der Waals surface area contributed by atoms with E-state index >= 15 is 0 Å². The summed E-state index contributed by atoms with van der Waals surface area (Å²) in [6, 6.07) is 9.44. The average molecular weight is 503 g/mol. The lowest BCUT2D eigenvalue weighted by Gasteiger charge is -2.31. The Kier molecular flexibility index (Phi) is 6.48. The minimum Gasteiger partial charge on any atom is -0.337 e. The minimum atomic E-state index is -0.880. The maximum atomic E-state index is 13.3. The van der Waals surface area contributed by atoms with Crippen molar-refractivity contribution in [1.82, 2.24) is 5.32 Å². The van der Waals surface area contributed by atoms with Gasteiger partial charge >= 0.3 is 0 Å². The van der Waals surface area contributed by atoms with Crippen LogP contribution in [0.3, 0.4) is 0 Å². The number of rotatable bonds is 5. The lowest BCUT2D eigenvalue weighted by atomic mass is 9.95. The Morgan fingerprint density at radius 2 is 1.90 bits per heavy atom. The maximum Gasteiger partial charge on any atom is 0.262 e. The van der Waals surface area contributed by atoms with E-state index in [9.17, 15) is 9.59 Å². The Morgan fingerprint density at radius 3 is 2.55 bits per heavy atom. The molecule has 0 atom stereocenters. The molecule has 2 aliphatic rings. The number of amidine groups is 1. The fourth-order valence-electron chi connectivity index (χ4n) is 4.49. The highest BCUT2D eigenvalue weighted by atomic mass is 79.9. The van der Waals surface area contributed by atoms with Gasteiger partial charge in [0, 0.05) is 24.3 Å². The molecule has 164 valence electrons. The van der Waals surface area contributed by atoms with Crippen molar-refractivity contribution in [2.75, 3.05) is 16.8 Å². The van der Waals surface area contributed by atoms with Gasteiger partial charge in [-0.3, -0.25) is 15.0 Å². The van der Waals surface area contributed by atoms with Crippen molar-refractivity contribution in [3.63, 3.8) is 0 Å². The number of piperidine rings is 1. The standard InChI is InChI=1S/C23H27BrN4O2S/c1-15-14-16(7-8-17(15)28-13-5-2-6-20(28)25)26-22(30)23(11-3-4-12-23)27-21(29)18-9-10-19(24)31-18/h7-10,14,25H,2-6,11-13H2,1H3,(H,26,30)(H,27,29). The molecular weight excluding hydrogens is 476 g/mol. The lowest BCUT2D eigenvalue weighted by molar-refractivity contribution is -0.122. The quantitative estimate of drug-likeness (QED) is 0.506. The second-order valence-electron chi connectivity index (χ2n) is 8.36.